The number of carbonyl (C=O) groups excluding carboxylic acids is 1. The lowest BCUT2D eigenvalue weighted by atomic mass is 10.3. The van der Waals surface area contributed by atoms with E-state index in [-0.39, 0.29) is 6.03 Å². The van der Waals surface area contributed by atoms with Gasteiger partial charge in [-0.15, -0.1) is 0 Å². The first-order valence-corrected chi connectivity index (χ1v) is 8.37. The van der Waals surface area contributed by atoms with Crippen molar-refractivity contribution in [2.45, 2.75) is 32.6 Å². The maximum atomic E-state index is 11.9. The largest absolute Gasteiger partial charge is 0.440 e. The number of oxazole rings is 1. The summed E-state index contributed by atoms with van der Waals surface area (Å²) in [6.45, 7) is 7.70. The molecule has 23 heavy (non-hydrogen) atoms. The SMILES string of the molecule is CCN(CC)CCNC(=O)Nc1ccc2oc(C3CC3)nc2c1. The van der Waals surface area contributed by atoms with Crippen molar-refractivity contribution in [2.75, 3.05) is 31.5 Å². The second-order valence-electron chi connectivity index (χ2n) is 5.92. The van der Waals surface area contributed by atoms with Gasteiger partial charge >= 0.3 is 6.03 Å². The third-order valence-electron chi connectivity index (χ3n) is 4.20. The summed E-state index contributed by atoms with van der Waals surface area (Å²) in [6, 6.07) is 5.37. The minimum Gasteiger partial charge on any atom is -0.440 e. The molecule has 3 rings (SSSR count). The molecule has 6 heteroatoms. The third kappa shape index (κ3) is 4.01. The Morgan fingerprint density at radius 3 is 2.83 bits per heavy atom. The number of carbonyl (C=O) groups is 1. The van der Waals surface area contributed by atoms with E-state index in [9.17, 15) is 4.79 Å². The quantitative estimate of drug-likeness (QED) is 0.823. The van der Waals surface area contributed by atoms with Gasteiger partial charge in [0, 0.05) is 24.7 Å². The first-order chi connectivity index (χ1) is 11.2. The molecule has 6 nitrogen and oxygen atoms in total. The predicted molar refractivity (Wildman–Crippen MR) is 90.8 cm³/mol. The Kier molecular flexibility index (Phi) is 4.81. The number of hydrogen-bond acceptors (Lipinski definition) is 4. The predicted octanol–water partition coefficient (Wildman–Crippen LogP) is 3.17. The van der Waals surface area contributed by atoms with Crippen LogP contribution < -0.4 is 10.6 Å². The number of urea groups is 1. The van der Waals surface area contributed by atoms with E-state index in [0.717, 1.165) is 55.2 Å². The maximum Gasteiger partial charge on any atom is 0.319 e. The van der Waals surface area contributed by atoms with Gasteiger partial charge in [-0.25, -0.2) is 9.78 Å². The van der Waals surface area contributed by atoms with Crippen LogP contribution in [0.1, 0.15) is 38.5 Å². The molecule has 0 unspecified atom stereocenters. The highest BCUT2D eigenvalue weighted by Gasteiger charge is 2.28. The Hall–Kier alpha value is -2.08. The lowest BCUT2D eigenvalue weighted by molar-refractivity contribution is 0.248. The first kappa shape index (κ1) is 15.8. The second-order valence-corrected chi connectivity index (χ2v) is 5.92. The van der Waals surface area contributed by atoms with Crippen LogP contribution in [0.3, 0.4) is 0 Å². The fraction of sp³-hybridized carbons (Fsp3) is 0.529. The summed E-state index contributed by atoms with van der Waals surface area (Å²) in [5.41, 5.74) is 2.31. The molecule has 0 radical (unpaired) electrons. The molecule has 0 aliphatic heterocycles. The number of amides is 2. The van der Waals surface area contributed by atoms with E-state index in [2.05, 4.69) is 34.4 Å². The molecule has 1 aromatic heterocycles. The lowest BCUT2D eigenvalue weighted by Crippen LogP contribution is -2.36. The van der Waals surface area contributed by atoms with Crippen LogP contribution in [0.2, 0.25) is 0 Å². The molecule has 0 bridgehead atoms. The Balaban J connectivity index is 1.54. The average Bonchev–Trinajstić information content (AvgIpc) is 3.31. The van der Waals surface area contributed by atoms with Crippen LogP contribution in [0.25, 0.3) is 11.1 Å². The Morgan fingerprint density at radius 1 is 1.35 bits per heavy atom. The summed E-state index contributed by atoms with van der Waals surface area (Å²) in [5, 5.41) is 5.72. The zero-order chi connectivity index (χ0) is 16.2. The van der Waals surface area contributed by atoms with Gasteiger partial charge in [-0.05, 0) is 44.1 Å². The average molecular weight is 316 g/mol. The third-order valence-corrected chi connectivity index (χ3v) is 4.20. The second kappa shape index (κ2) is 7.00. The fourth-order valence-electron chi connectivity index (χ4n) is 2.57. The smallest absolute Gasteiger partial charge is 0.319 e. The van der Waals surface area contributed by atoms with Crippen molar-refractivity contribution >= 4 is 22.8 Å². The van der Waals surface area contributed by atoms with Crippen LogP contribution in [-0.2, 0) is 0 Å². The van der Waals surface area contributed by atoms with Crippen LogP contribution in [-0.4, -0.2) is 42.1 Å². The topological polar surface area (TPSA) is 70.4 Å². The van der Waals surface area contributed by atoms with Crippen molar-refractivity contribution in [1.82, 2.24) is 15.2 Å². The van der Waals surface area contributed by atoms with E-state index in [1.54, 1.807) is 0 Å². The number of nitrogens with one attached hydrogen (secondary N) is 2. The molecule has 1 fully saturated rings. The summed E-state index contributed by atoms with van der Waals surface area (Å²) in [5.74, 6) is 1.31. The Morgan fingerprint density at radius 2 is 2.13 bits per heavy atom. The number of aromatic nitrogens is 1. The highest BCUT2D eigenvalue weighted by molar-refractivity contribution is 5.91. The fourth-order valence-corrected chi connectivity index (χ4v) is 2.57. The van der Waals surface area contributed by atoms with E-state index in [4.69, 9.17) is 4.42 Å². The molecular formula is C17H24N4O2. The van der Waals surface area contributed by atoms with Gasteiger partial charge in [0.05, 0.1) is 0 Å². The molecular weight excluding hydrogens is 292 g/mol. The van der Waals surface area contributed by atoms with Crippen molar-refractivity contribution in [1.29, 1.82) is 0 Å². The van der Waals surface area contributed by atoms with Gasteiger partial charge in [0.1, 0.15) is 5.52 Å². The molecule has 2 aromatic rings. The maximum absolute atomic E-state index is 11.9. The van der Waals surface area contributed by atoms with Crippen LogP contribution in [0.4, 0.5) is 10.5 Å². The number of nitrogens with zero attached hydrogens (tertiary/aromatic N) is 2. The summed E-state index contributed by atoms with van der Waals surface area (Å²) in [4.78, 5) is 18.7. The minimum atomic E-state index is -0.192. The normalized spacial score (nSPS) is 14.4. The van der Waals surface area contributed by atoms with Crippen molar-refractivity contribution in [3.05, 3.63) is 24.1 Å². The molecule has 1 aliphatic carbocycles. The van der Waals surface area contributed by atoms with E-state index >= 15 is 0 Å². The van der Waals surface area contributed by atoms with Gasteiger partial charge in [0.15, 0.2) is 11.5 Å². The van der Waals surface area contributed by atoms with E-state index in [1.807, 2.05) is 18.2 Å². The number of likely N-dealkylation sites (N-methyl/N-ethyl adjacent to an activating group) is 1. The molecule has 1 aromatic carbocycles. The summed E-state index contributed by atoms with van der Waals surface area (Å²) >= 11 is 0. The van der Waals surface area contributed by atoms with Crippen molar-refractivity contribution in [2.24, 2.45) is 0 Å². The van der Waals surface area contributed by atoms with Crippen molar-refractivity contribution in [3.63, 3.8) is 0 Å². The summed E-state index contributed by atoms with van der Waals surface area (Å²) in [6.07, 6.45) is 2.32. The number of anilines is 1. The van der Waals surface area contributed by atoms with E-state index in [1.165, 1.54) is 0 Å². The zero-order valence-corrected chi connectivity index (χ0v) is 13.8. The van der Waals surface area contributed by atoms with Gasteiger partial charge in [0.2, 0.25) is 0 Å². The van der Waals surface area contributed by atoms with Crippen LogP contribution in [0.15, 0.2) is 22.6 Å². The van der Waals surface area contributed by atoms with Crippen LogP contribution in [0, 0.1) is 0 Å². The molecule has 1 saturated carbocycles. The highest BCUT2D eigenvalue weighted by atomic mass is 16.3. The molecule has 0 spiro atoms. The summed E-state index contributed by atoms with van der Waals surface area (Å²) < 4.78 is 5.72. The van der Waals surface area contributed by atoms with Crippen LogP contribution >= 0.6 is 0 Å². The Bertz CT molecular complexity index is 674. The first-order valence-electron chi connectivity index (χ1n) is 8.37. The van der Waals surface area contributed by atoms with Crippen LogP contribution in [0.5, 0.6) is 0 Å². The zero-order valence-electron chi connectivity index (χ0n) is 13.8. The molecule has 0 saturated heterocycles. The molecule has 1 aliphatic rings. The number of hydrogen-bond donors (Lipinski definition) is 2. The summed E-state index contributed by atoms with van der Waals surface area (Å²) in [7, 11) is 0. The number of rotatable bonds is 7. The number of benzene rings is 1. The van der Waals surface area contributed by atoms with E-state index in [0.29, 0.717) is 12.5 Å². The standard InChI is InChI=1S/C17H24N4O2/c1-3-21(4-2)10-9-18-17(22)19-13-7-8-15-14(11-13)20-16(23-15)12-5-6-12/h7-8,11-12H,3-6,9-10H2,1-2H3,(H2,18,19,22). The van der Waals surface area contributed by atoms with Gasteiger partial charge < -0.3 is 20.0 Å². The highest BCUT2D eigenvalue weighted by Crippen LogP contribution is 2.40. The molecule has 1 heterocycles. The Labute approximate surface area is 136 Å². The van der Waals surface area contributed by atoms with Gasteiger partial charge in [-0.3, -0.25) is 0 Å². The minimum absolute atomic E-state index is 0.192. The van der Waals surface area contributed by atoms with Gasteiger partial charge in [-0.1, -0.05) is 13.8 Å². The molecule has 124 valence electrons. The lowest BCUT2D eigenvalue weighted by Gasteiger charge is -2.18. The van der Waals surface area contributed by atoms with Gasteiger partial charge in [-0.2, -0.15) is 0 Å². The van der Waals surface area contributed by atoms with Crippen molar-refractivity contribution < 1.29 is 9.21 Å². The molecule has 0 atom stereocenters. The molecule has 2 amide bonds. The molecule has 2 N–H and O–H groups in total. The van der Waals surface area contributed by atoms with Gasteiger partial charge in [0.25, 0.3) is 0 Å². The van der Waals surface area contributed by atoms with E-state index < -0.39 is 0 Å². The van der Waals surface area contributed by atoms with Crippen molar-refractivity contribution in [3.8, 4) is 0 Å². The monoisotopic (exact) mass is 316 g/mol. The number of fused-ring (bicyclic) bond motifs is 1.